The maximum atomic E-state index is 12.2. The van der Waals surface area contributed by atoms with E-state index in [1.54, 1.807) is 0 Å². The standard InChI is InChI=1S/C16H35N3O/c1-12(2)7-14(10-17)9-16(20)18-15(8-13(3)4)11-19(5)6/h12-15H,7-11,17H2,1-6H3,(H,18,20). The largest absolute Gasteiger partial charge is 0.352 e. The fourth-order valence-electron chi connectivity index (χ4n) is 2.67. The first-order valence-electron chi connectivity index (χ1n) is 7.88. The number of likely N-dealkylation sites (N-methyl/N-ethyl adjacent to an activating group) is 1. The summed E-state index contributed by atoms with van der Waals surface area (Å²) in [6.45, 7) is 10.2. The van der Waals surface area contributed by atoms with E-state index in [-0.39, 0.29) is 11.9 Å². The van der Waals surface area contributed by atoms with E-state index >= 15 is 0 Å². The normalized spacial score (nSPS) is 14.9. The van der Waals surface area contributed by atoms with Crippen LogP contribution in [0.1, 0.15) is 47.0 Å². The molecule has 0 aromatic heterocycles. The topological polar surface area (TPSA) is 58.4 Å². The van der Waals surface area contributed by atoms with E-state index in [9.17, 15) is 4.79 Å². The highest BCUT2D eigenvalue weighted by Gasteiger charge is 2.18. The number of amides is 1. The van der Waals surface area contributed by atoms with E-state index in [0.717, 1.165) is 19.4 Å². The molecule has 0 aliphatic rings. The third kappa shape index (κ3) is 10.2. The summed E-state index contributed by atoms with van der Waals surface area (Å²) in [5, 5.41) is 3.18. The molecule has 0 aliphatic heterocycles. The minimum atomic E-state index is 0.147. The van der Waals surface area contributed by atoms with Gasteiger partial charge in [0.15, 0.2) is 0 Å². The van der Waals surface area contributed by atoms with E-state index < -0.39 is 0 Å². The first-order chi connectivity index (χ1) is 9.24. The summed E-state index contributed by atoms with van der Waals surface area (Å²) in [4.78, 5) is 14.3. The smallest absolute Gasteiger partial charge is 0.220 e. The van der Waals surface area contributed by atoms with Crippen molar-refractivity contribution < 1.29 is 4.79 Å². The highest BCUT2D eigenvalue weighted by atomic mass is 16.1. The van der Waals surface area contributed by atoms with Crippen LogP contribution in [0.5, 0.6) is 0 Å². The number of nitrogens with one attached hydrogen (secondary N) is 1. The summed E-state index contributed by atoms with van der Waals surface area (Å²) in [5.74, 6) is 1.62. The Morgan fingerprint density at radius 3 is 2.05 bits per heavy atom. The molecule has 0 heterocycles. The summed E-state index contributed by atoms with van der Waals surface area (Å²) in [5.41, 5.74) is 5.77. The lowest BCUT2D eigenvalue weighted by molar-refractivity contribution is -0.123. The number of hydrogen-bond acceptors (Lipinski definition) is 3. The molecule has 0 rings (SSSR count). The Morgan fingerprint density at radius 1 is 1.10 bits per heavy atom. The summed E-state index contributed by atoms with van der Waals surface area (Å²) in [6, 6.07) is 0.231. The van der Waals surface area contributed by atoms with Crippen LogP contribution >= 0.6 is 0 Å². The van der Waals surface area contributed by atoms with Crippen molar-refractivity contribution in [2.75, 3.05) is 27.2 Å². The van der Waals surface area contributed by atoms with E-state index in [4.69, 9.17) is 5.73 Å². The summed E-state index contributed by atoms with van der Waals surface area (Å²) in [6.07, 6.45) is 2.59. The predicted octanol–water partition coefficient (Wildman–Crippen LogP) is 2.09. The third-order valence-electron chi connectivity index (χ3n) is 3.32. The molecule has 0 radical (unpaired) electrons. The van der Waals surface area contributed by atoms with Gasteiger partial charge in [0, 0.05) is 19.0 Å². The highest BCUT2D eigenvalue weighted by Crippen LogP contribution is 2.14. The Morgan fingerprint density at radius 2 is 1.65 bits per heavy atom. The molecule has 0 bridgehead atoms. The quantitative estimate of drug-likeness (QED) is 0.646. The van der Waals surface area contributed by atoms with Gasteiger partial charge < -0.3 is 16.0 Å². The second-order valence-electron chi connectivity index (χ2n) is 7.09. The lowest BCUT2D eigenvalue weighted by Crippen LogP contribution is -2.43. The molecular weight excluding hydrogens is 250 g/mol. The molecule has 2 unspecified atom stereocenters. The Hall–Kier alpha value is -0.610. The second kappa shape index (κ2) is 10.2. The Kier molecular flexibility index (Phi) is 9.86. The van der Waals surface area contributed by atoms with Crippen LogP contribution in [0, 0.1) is 17.8 Å². The molecule has 4 nitrogen and oxygen atoms in total. The van der Waals surface area contributed by atoms with Gasteiger partial charge in [-0.3, -0.25) is 4.79 Å². The molecular formula is C16H35N3O. The van der Waals surface area contributed by atoms with Crippen molar-refractivity contribution in [1.82, 2.24) is 10.2 Å². The molecule has 2 atom stereocenters. The Labute approximate surface area is 125 Å². The van der Waals surface area contributed by atoms with Crippen molar-refractivity contribution in [3.63, 3.8) is 0 Å². The van der Waals surface area contributed by atoms with Gasteiger partial charge in [0.05, 0.1) is 0 Å². The fourth-order valence-corrected chi connectivity index (χ4v) is 2.67. The Bertz CT molecular complexity index is 254. The average molecular weight is 285 g/mol. The number of rotatable bonds is 10. The minimum Gasteiger partial charge on any atom is -0.352 e. The summed E-state index contributed by atoms with van der Waals surface area (Å²) in [7, 11) is 4.09. The van der Waals surface area contributed by atoms with Crippen LogP contribution in [0.15, 0.2) is 0 Å². The number of nitrogens with zero attached hydrogens (tertiary/aromatic N) is 1. The van der Waals surface area contributed by atoms with Crippen LogP contribution in [-0.2, 0) is 4.79 Å². The van der Waals surface area contributed by atoms with Gasteiger partial charge in [0.2, 0.25) is 5.91 Å². The van der Waals surface area contributed by atoms with E-state index in [2.05, 4.69) is 37.9 Å². The molecule has 0 saturated carbocycles. The first-order valence-corrected chi connectivity index (χ1v) is 7.88. The molecule has 0 fully saturated rings. The molecule has 0 saturated heterocycles. The van der Waals surface area contributed by atoms with Gasteiger partial charge in [-0.15, -0.1) is 0 Å². The average Bonchev–Trinajstić information content (AvgIpc) is 2.25. The van der Waals surface area contributed by atoms with Gasteiger partial charge in [-0.25, -0.2) is 0 Å². The van der Waals surface area contributed by atoms with Crippen molar-refractivity contribution in [2.45, 2.75) is 53.0 Å². The van der Waals surface area contributed by atoms with E-state index in [0.29, 0.717) is 30.7 Å². The maximum absolute atomic E-state index is 12.2. The summed E-state index contributed by atoms with van der Waals surface area (Å²) < 4.78 is 0. The lowest BCUT2D eigenvalue weighted by Gasteiger charge is -2.25. The molecule has 0 spiro atoms. The van der Waals surface area contributed by atoms with Crippen LogP contribution in [0.25, 0.3) is 0 Å². The zero-order valence-corrected chi connectivity index (χ0v) is 14.3. The summed E-state index contributed by atoms with van der Waals surface area (Å²) >= 11 is 0. The van der Waals surface area contributed by atoms with E-state index in [1.807, 2.05) is 14.1 Å². The fraction of sp³-hybridized carbons (Fsp3) is 0.938. The van der Waals surface area contributed by atoms with E-state index in [1.165, 1.54) is 0 Å². The number of nitrogens with two attached hydrogens (primary N) is 1. The molecule has 4 heteroatoms. The molecule has 20 heavy (non-hydrogen) atoms. The van der Waals surface area contributed by atoms with Crippen LogP contribution in [0.4, 0.5) is 0 Å². The molecule has 0 aromatic rings. The van der Waals surface area contributed by atoms with Crippen LogP contribution in [-0.4, -0.2) is 44.0 Å². The van der Waals surface area contributed by atoms with Crippen LogP contribution in [0.3, 0.4) is 0 Å². The van der Waals surface area contributed by atoms with Crippen molar-refractivity contribution in [3.8, 4) is 0 Å². The van der Waals surface area contributed by atoms with Crippen molar-refractivity contribution in [2.24, 2.45) is 23.5 Å². The van der Waals surface area contributed by atoms with Gasteiger partial charge in [-0.1, -0.05) is 27.7 Å². The van der Waals surface area contributed by atoms with Crippen molar-refractivity contribution >= 4 is 5.91 Å². The van der Waals surface area contributed by atoms with Gasteiger partial charge in [0.1, 0.15) is 0 Å². The van der Waals surface area contributed by atoms with Crippen molar-refractivity contribution in [1.29, 1.82) is 0 Å². The van der Waals surface area contributed by atoms with Gasteiger partial charge in [0.25, 0.3) is 0 Å². The van der Waals surface area contributed by atoms with Gasteiger partial charge in [-0.2, -0.15) is 0 Å². The molecule has 0 aliphatic carbocycles. The number of carbonyl (C=O) groups is 1. The Balaban J connectivity index is 4.35. The highest BCUT2D eigenvalue weighted by molar-refractivity contribution is 5.76. The third-order valence-corrected chi connectivity index (χ3v) is 3.32. The molecule has 3 N–H and O–H groups in total. The number of carbonyl (C=O) groups excluding carboxylic acids is 1. The molecule has 120 valence electrons. The monoisotopic (exact) mass is 285 g/mol. The lowest BCUT2D eigenvalue weighted by atomic mass is 9.93. The maximum Gasteiger partial charge on any atom is 0.220 e. The minimum absolute atomic E-state index is 0.147. The second-order valence-corrected chi connectivity index (χ2v) is 7.09. The predicted molar refractivity (Wildman–Crippen MR) is 86.6 cm³/mol. The zero-order valence-electron chi connectivity index (χ0n) is 14.3. The zero-order chi connectivity index (χ0) is 15.7. The van der Waals surface area contributed by atoms with Crippen LogP contribution < -0.4 is 11.1 Å². The first kappa shape index (κ1) is 19.4. The van der Waals surface area contributed by atoms with Gasteiger partial charge >= 0.3 is 0 Å². The van der Waals surface area contributed by atoms with Crippen LogP contribution in [0.2, 0.25) is 0 Å². The molecule has 1 amide bonds. The molecule has 0 aromatic carbocycles. The van der Waals surface area contributed by atoms with Gasteiger partial charge in [-0.05, 0) is 51.2 Å². The van der Waals surface area contributed by atoms with Crippen molar-refractivity contribution in [3.05, 3.63) is 0 Å². The SMILES string of the molecule is CC(C)CC(CN)CC(=O)NC(CC(C)C)CN(C)C. The number of hydrogen-bond donors (Lipinski definition) is 2.